The second kappa shape index (κ2) is 7.43. The molecular weight excluding hydrogens is 352 g/mol. The molecule has 0 N–H and O–H groups in total. The Morgan fingerprint density at radius 2 is 2.38 bits per heavy atom. The number of ether oxygens (including phenoxy) is 1. The number of oxazole rings is 1. The van der Waals surface area contributed by atoms with Crippen LogP contribution in [0.3, 0.4) is 0 Å². The van der Waals surface area contributed by atoms with Crippen LogP contribution >= 0.6 is 11.3 Å². The van der Waals surface area contributed by atoms with Crippen LogP contribution in [-0.2, 0) is 24.2 Å². The zero-order valence-corrected chi connectivity index (χ0v) is 15.4. The lowest BCUT2D eigenvalue weighted by molar-refractivity contribution is 0.0733. The standard InChI is InChI=1S/C18H20N4O3S/c1-2-24-7-6-22-16-3-5-21(18(23)13-4-8-26-11-13)9-14(16)17(20-22)15-10-25-12-19-15/h4,8,10-12H,2-3,5-7,9H2,1H3. The van der Waals surface area contributed by atoms with E-state index in [1.165, 1.54) is 17.7 Å². The van der Waals surface area contributed by atoms with E-state index in [-0.39, 0.29) is 5.91 Å². The molecule has 0 saturated carbocycles. The van der Waals surface area contributed by atoms with Gasteiger partial charge in [-0.25, -0.2) is 4.98 Å². The fourth-order valence-electron chi connectivity index (χ4n) is 3.25. The van der Waals surface area contributed by atoms with E-state index in [0.717, 1.165) is 28.9 Å². The molecule has 0 fully saturated rings. The summed E-state index contributed by atoms with van der Waals surface area (Å²) in [5.74, 6) is 0.0602. The van der Waals surface area contributed by atoms with Crippen molar-refractivity contribution in [3.05, 3.63) is 46.3 Å². The zero-order chi connectivity index (χ0) is 17.9. The van der Waals surface area contributed by atoms with Gasteiger partial charge in [-0.2, -0.15) is 16.4 Å². The van der Waals surface area contributed by atoms with Crippen LogP contribution in [0.2, 0.25) is 0 Å². The van der Waals surface area contributed by atoms with Crippen LogP contribution in [0.25, 0.3) is 11.4 Å². The summed E-state index contributed by atoms with van der Waals surface area (Å²) in [6.07, 6.45) is 3.76. The molecule has 0 unspecified atom stereocenters. The van der Waals surface area contributed by atoms with Crippen LogP contribution in [-0.4, -0.2) is 45.3 Å². The smallest absolute Gasteiger partial charge is 0.255 e. The number of fused-ring (bicyclic) bond motifs is 1. The molecule has 0 aromatic carbocycles. The highest BCUT2D eigenvalue weighted by Gasteiger charge is 2.29. The van der Waals surface area contributed by atoms with Crippen LogP contribution in [0.15, 0.2) is 33.9 Å². The Morgan fingerprint density at radius 3 is 3.12 bits per heavy atom. The van der Waals surface area contributed by atoms with Gasteiger partial charge < -0.3 is 14.1 Å². The van der Waals surface area contributed by atoms with E-state index in [0.29, 0.717) is 38.5 Å². The summed E-state index contributed by atoms with van der Waals surface area (Å²) >= 11 is 1.53. The molecule has 26 heavy (non-hydrogen) atoms. The van der Waals surface area contributed by atoms with Crippen molar-refractivity contribution >= 4 is 17.2 Å². The number of hydrogen-bond acceptors (Lipinski definition) is 6. The highest BCUT2D eigenvalue weighted by molar-refractivity contribution is 7.08. The topological polar surface area (TPSA) is 73.4 Å². The van der Waals surface area contributed by atoms with E-state index < -0.39 is 0 Å². The van der Waals surface area contributed by atoms with Gasteiger partial charge in [0.1, 0.15) is 17.7 Å². The van der Waals surface area contributed by atoms with Crippen LogP contribution in [0.5, 0.6) is 0 Å². The minimum absolute atomic E-state index is 0.0602. The lowest BCUT2D eigenvalue weighted by Gasteiger charge is -2.27. The van der Waals surface area contributed by atoms with Gasteiger partial charge in [0.05, 0.1) is 25.3 Å². The predicted molar refractivity (Wildman–Crippen MR) is 97.0 cm³/mol. The SMILES string of the molecule is CCOCCn1nc(-c2cocn2)c2c1CCN(C(=O)c1ccsc1)C2. The second-order valence-corrected chi connectivity index (χ2v) is 6.84. The lowest BCUT2D eigenvalue weighted by atomic mass is 10.0. The molecular formula is C18H20N4O3S. The van der Waals surface area contributed by atoms with Crippen molar-refractivity contribution in [2.45, 2.75) is 26.4 Å². The molecule has 4 rings (SSSR count). The Bertz CT molecular complexity index is 871. The predicted octanol–water partition coefficient (Wildman–Crippen LogP) is 2.83. The third-order valence-electron chi connectivity index (χ3n) is 4.52. The van der Waals surface area contributed by atoms with Gasteiger partial charge in [0, 0.05) is 36.2 Å². The van der Waals surface area contributed by atoms with Crippen LogP contribution in [0.4, 0.5) is 0 Å². The fourth-order valence-corrected chi connectivity index (χ4v) is 3.88. The van der Waals surface area contributed by atoms with Crippen molar-refractivity contribution in [3.63, 3.8) is 0 Å². The molecule has 7 nitrogen and oxygen atoms in total. The highest BCUT2D eigenvalue weighted by atomic mass is 32.1. The van der Waals surface area contributed by atoms with Crippen LogP contribution in [0, 0.1) is 0 Å². The first kappa shape index (κ1) is 17.0. The van der Waals surface area contributed by atoms with Crippen molar-refractivity contribution < 1.29 is 13.9 Å². The van der Waals surface area contributed by atoms with Crippen molar-refractivity contribution in [1.82, 2.24) is 19.7 Å². The molecule has 0 spiro atoms. The summed E-state index contributed by atoms with van der Waals surface area (Å²) in [4.78, 5) is 18.9. The lowest BCUT2D eigenvalue weighted by Crippen LogP contribution is -2.36. The normalized spacial score (nSPS) is 13.8. The average molecular weight is 372 g/mol. The first-order valence-corrected chi connectivity index (χ1v) is 9.58. The van der Waals surface area contributed by atoms with Crippen molar-refractivity contribution in [3.8, 4) is 11.4 Å². The van der Waals surface area contributed by atoms with Crippen molar-refractivity contribution in [2.75, 3.05) is 19.8 Å². The monoisotopic (exact) mass is 372 g/mol. The summed E-state index contributed by atoms with van der Waals surface area (Å²) in [5.41, 5.74) is 4.42. The summed E-state index contributed by atoms with van der Waals surface area (Å²) in [7, 11) is 0. The molecule has 0 aliphatic carbocycles. The number of carbonyl (C=O) groups excluding carboxylic acids is 1. The molecule has 0 saturated heterocycles. The Morgan fingerprint density at radius 1 is 1.46 bits per heavy atom. The maximum atomic E-state index is 12.7. The van der Waals surface area contributed by atoms with Gasteiger partial charge in [-0.1, -0.05) is 0 Å². The molecule has 3 aromatic heterocycles. The van der Waals surface area contributed by atoms with Gasteiger partial charge in [0.2, 0.25) is 0 Å². The molecule has 8 heteroatoms. The highest BCUT2D eigenvalue weighted by Crippen LogP contribution is 2.30. The summed E-state index contributed by atoms with van der Waals surface area (Å²) in [5, 5.41) is 8.56. The van der Waals surface area contributed by atoms with E-state index in [2.05, 4.69) is 4.98 Å². The Kier molecular flexibility index (Phi) is 4.85. The number of aromatic nitrogens is 3. The van der Waals surface area contributed by atoms with E-state index in [1.54, 1.807) is 6.26 Å². The molecule has 1 aliphatic heterocycles. The molecule has 1 amide bonds. The summed E-state index contributed by atoms with van der Waals surface area (Å²) in [6, 6.07) is 1.87. The number of amides is 1. The van der Waals surface area contributed by atoms with Crippen LogP contribution in [0.1, 0.15) is 28.5 Å². The fraction of sp³-hybridized carbons (Fsp3) is 0.389. The van der Waals surface area contributed by atoms with E-state index in [9.17, 15) is 4.79 Å². The minimum Gasteiger partial charge on any atom is -0.451 e. The van der Waals surface area contributed by atoms with Gasteiger partial charge in [0.15, 0.2) is 6.39 Å². The van der Waals surface area contributed by atoms with Gasteiger partial charge in [-0.15, -0.1) is 0 Å². The van der Waals surface area contributed by atoms with Crippen molar-refractivity contribution in [2.24, 2.45) is 0 Å². The number of nitrogens with zero attached hydrogens (tertiary/aromatic N) is 4. The largest absolute Gasteiger partial charge is 0.451 e. The number of carbonyl (C=O) groups is 1. The first-order valence-electron chi connectivity index (χ1n) is 8.64. The molecule has 3 aromatic rings. The zero-order valence-electron chi connectivity index (χ0n) is 14.6. The molecule has 136 valence electrons. The number of thiophene rings is 1. The van der Waals surface area contributed by atoms with E-state index in [1.807, 2.05) is 33.3 Å². The Balaban J connectivity index is 1.64. The minimum atomic E-state index is 0.0602. The summed E-state index contributed by atoms with van der Waals surface area (Å²) < 4.78 is 12.6. The van der Waals surface area contributed by atoms with Gasteiger partial charge in [-0.3, -0.25) is 9.48 Å². The molecule has 4 heterocycles. The van der Waals surface area contributed by atoms with Gasteiger partial charge in [0.25, 0.3) is 5.91 Å². The average Bonchev–Trinajstić information content (AvgIpc) is 3.41. The summed E-state index contributed by atoms with van der Waals surface area (Å²) in [6.45, 7) is 5.17. The quantitative estimate of drug-likeness (QED) is 0.622. The Hall–Kier alpha value is -2.45. The second-order valence-electron chi connectivity index (χ2n) is 6.06. The molecule has 0 bridgehead atoms. The maximum absolute atomic E-state index is 12.7. The molecule has 1 aliphatic rings. The van der Waals surface area contributed by atoms with Gasteiger partial charge in [-0.05, 0) is 18.4 Å². The number of hydrogen-bond donors (Lipinski definition) is 0. The van der Waals surface area contributed by atoms with E-state index >= 15 is 0 Å². The number of rotatable bonds is 6. The third kappa shape index (κ3) is 3.17. The maximum Gasteiger partial charge on any atom is 0.255 e. The van der Waals surface area contributed by atoms with E-state index in [4.69, 9.17) is 14.3 Å². The van der Waals surface area contributed by atoms with Crippen LogP contribution < -0.4 is 0 Å². The Labute approximate surface area is 155 Å². The first-order chi connectivity index (χ1) is 12.8. The van der Waals surface area contributed by atoms with Crippen molar-refractivity contribution in [1.29, 1.82) is 0 Å². The molecule has 0 atom stereocenters. The molecule has 0 radical (unpaired) electrons. The van der Waals surface area contributed by atoms with Gasteiger partial charge >= 0.3 is 0 Å². The third-order valence-corrected chi connectivity index (χ3v) is 5.20.